The van der Waals surface area contributed by atoms with Gasteiger partial charge in [0.1, 0.15) is 0 Å². The predicted molar refractivity (Wildman–Crippen MR) is 109 cm³/mol. The molecule has 142 valence electrons. The van der Waals surface area contributed by atoms with Crippen LogP contribution >= 0.6 is 23.7 Å². The summed E-state index contributed by atoms with van der Waals surface area (Å²) in [6, 6.07) is 10.1. The van der Waals surface area contributed by atoms with E-state index < -0.39 is 5.41 Å². The first-order chi connectivity index (χ1) is 12.1. The second-order valence-corrected chi connectivity index (χ2v) is 7.83. The fourth-order valence-electron chi connectivity index (χ4n) is 3.10. The van der Waals surface area contributed by atoms with Crippen LogP contribution in [0.25, 0.3) is 11.3 Å². The number of nitrogens with one attached hydrogen (secondary N) is 1. The van der Waals surface area contributed by atoms with E-state index in [-0.39, 0.29) is 18.3 Å². The smallest absolute Gasteiger partial charge is 0.233 e. The Morgan fingerprint density at radius 2 is 1.96 bits per heavy atom. The van der Waals surface area contributed by atoms with Gasteiger partial charge < -0.3 is 15.8 Å². The van der Waals surface area contributed by atoms with Crippen LogP contribution < -0.4 is 11.1 Å². The first-order valence-corrected chi connectivity index (χ1v) is 9.53. The average Bonchev–Trinajstić information content (AvgIpc) is 3.07. The molecular formula is C19H26ClN3O2S. The lowest BCUT2D eigenvalue weighted by atomic mass is 9.79. The summed E-state index contributed by atoms with van der Waals surface area (Å²) in [5.41, 5.74) is 7.41. The predicted octanol–water partition coefficient (Wildman–Crippen LogP) is 4.05. The summed E-state index contributed by atoms with van der Waals surface area (Å²) in [6.07, 6.45) is 1.31. The summed E-state index contributed by atoms with van der Waals surface area (Å²) in [5, 5.41) is 3.67. The van der Waals surface area contributed by atoms with Crippen molar-refractivity contribution >= 4 is 34.8 Å². The molecule has 5 nitrogen and oxygen atoms in total. The van der Waals surface area contributed by atoms with Crippen LogP contribution in [0.1, 0.15) is 37.5 Å². The molecule has 0 bridgehead atoms. The van der Waals surface area contributed by atoms with Gasteiger partial charge in [0.15, 0.2) is 5.13 Å². The molecule has 0 saturated carbocycles. The first kappa shape index (κ1) is 20.8. The van der Waals surface area contributed by atoms with Crippen molar-refractivity contribution in [2.24, 2.45) is 11.1 Å². The van der Waals surface area contributed by atoms with Gasteiger partial charge in [-0.15, -0.1) is 23.7 Å². The summed E-state index contributed by atoms with van der Waals surface area (Å²) in [4.78, 5) is 18.8. The number of hydrogen-bond acceptors (Lipinski definition) is 5. The molecule has 0 atom stereocenters. The molecule has 2 aromatic rings. The van der Waals surface area contributed by atoms with Crippen LogP contribution in [0, 0.1) is 5.41 Å². The van der Waals surface area contributed by atoms with Gasteiger partial charge in [0.25, 0.3) is 0 Å². The summed E-state index contributed by atoms with van der Waals surface area (Å²) in [6.45, 7) is 5.77. The standard InChI is InChI=1S/C19H25N3O2S.ClH/c1-13(2)16-15(14-6-4-3-5-7-14)21-18(25-16)22-17(23)19(12-20)8-10-24-11-9-19;/h3-7,13H,8-12,20H2,1-2H3,(H,21,22,23);1H. The number of carbonyl (C=O) groups excluding carboxylic acids is 1. The van der Waals surface area contributed by atoms with Crippen molar-refractivity contribution < 1.29 is 9.53 Å². The largest absolute Gasteiger partial charge is 0.381 e. The third kappa shape index (κ3) is 4.26. The molecule has 1 aromatic heterocycles. The quantitative estimate of drug-likeness (QED) is 0.800. The number of nitrogens with zero attached hydrogens (tertiary/aromatic N) is 1. The second kappa shape index (κ2) is 8.95. The summed E-state index contributed by atoms with van der Waals surface area (Å²) >= 11 is 1.55. The lowest BCUT2D eigenvalue weighted by Crippen LogP contribution is -2.46. The highest BCUT2D eigenvalue weighted by Crippen LogP contribution is 2.37. The molecule has 1 fully saturated rings. The van der Waals surface area contributed by atoms with Gasteiger partial charge in [0.2, 0.25) is 5.91 Å². The van der Waals surface area contributed by atoms with E-state index in [4.69, 9.17) is 15.5 Å². The van der Waals surface area contributed by atoms with E-state index in [1.165, 1.54) is 4.88 Å². The number of benzene rings is 1. The lowest BCUT2D eigenvalue weighted by molar-refractivity contribution is -0.130. The van der Waals surface area contributed by atoms with Crippen molar-refractivity contribution in [3.63, 3.8) is 0 Å². The van der Waals surface area contributed by atoms with Gasteiger partial charge in [-0.3, -0.25) is 4.79 Å². The number of carbonyl (C=O) groups is 1. The number of ether oxygens (including phenoxy) is 1. The highest BCUT2D eigenvalue weighted by Gasteiger charge is 2.39. The molecule has 3 rings (SSSR count). The van der Waals surface area contributed by atoms with Crippen LogP contribution in [0.15, 0.2) is 30.3 Å². The molecule has 7 heteroatoms. The van der Waals surface area contributed by atoms with Gasteiger partial charge >= 0.3 is 0 Å². The number of halogens is 1. The maximum Gasteiger partial charge on any atom is 0.233 e. The van der Waals surface area contributed by atoms with Gasteiger partial charge in [-0.05, 0) is 18.8 Å². The van der Waals surface area contributed by atoms with Gasteiger partial charge in [-0.25, -0.2) is 4.98 Å². The summed E-state index contributed by atoms with van der Waals surface area (Å²) < 4.78 is 5.39. The molecule has 1 aliphatic heterocycles. The normalized spacial score (nSPS) is 16.2. The Morgan fingerprint density at radius 3 is 2.54 bits per heavy atom. The molecule has 1 saturated heterocycles. The summed E-state index contributed by atoms with van der Waals surface area (Å²) in [5.74, 6) is 0.298. The molecule has 2 heterocycles. The van der Waals surface area contributed by atoms with E-state index in [9.17, 15) is 4.79 Å². The van der Waals surface area contributed by atoms with Crippen molar-refractivity contribution in [2.45, 2.75) is 32.6 Å². The number of amides is 1. The highest BCUT2D eigenvalue weighted by atomic mass is 35.5. The molecule has 26 heavy (non-hydrogen) atoms. The van der Waals surface area contributed by atoms with E-state index >= 15 is 0 Å². The van der Waals surface area contributed by atoms with Crippen LogP contribution in [0.2, 0.25) is 0 Å². The maximum atomic E-state index is 12.9. The first-order valence-electron chi connectivity index (χ1n) is 8.71. The summed E-state index contributed by atoms with van der Waals surface area (Å²) in [7, 11) is 0. The molecular weight excluding hydrogens is 370 g/mol. The highest BCUT2D eigenvalue weighted by molar-refractivity contribution is 7.16. The van der Waals surface area contributed by atoms with Crippen LogP contribution in [-0.2, 0) is 9.53 Å². The minimum atomic E-state index is -0.547. The van der Waals surface area contributed by atoms with E-state index in [1.54, 1.807) is 11.3 Å². The van der Waals surface area contributed by atoms with Gasteiger partial charge in [0.05, 0.1) is 11.1 Å². The second-order valence-electron chi connectivity index (χ2n) is 6.80. The molecule has 0 spiro atoms. The lowest BCUT2D eigenvalue weighted by Gasteiger charge is -2.34. The number of rotatable bonds is 5. The van der Waals surface area contributed by atoms with Gasteiger partial charge in [-0.2, -0.15) is 0 Å². The number of anilines is 1. The number of nitrogens with two attached hydrogens (primary N) is 1. The Bertz CT molecular complexity index is 728. The van der Waals surface area contributed by atoms with E-state index in [0.29, 0.717) is 43.6 Å². The third-order valence-corrected chi connectivity index (χ3v) is 6.04. The minimum absolute atomic E-state index is 0. The van der Waals surface area contributed by atoms with Crippen LogP contribution in [0.5, 0.6) is 0 Å². The van der Waals surface area contributed by atoms with Crippen LogP contribution in [-0.4, -0.2) is 30.6 Å². The molecule has 0 unspecified atom stereocenters. The van der Waals surface area contributed by atoms with Crippen LogP contribution in [0.3, 0.4) is 0 Å². The molecule has 0 aliphatic carbocycles. The zero-order valence-electron chi connectivity index (χ0n) is 15.2. The molecule has 1 aromatic carbocycles. The zero-order chi connectivity index (χ0) is 17.9. The van der Waals surface area contributed by atoms with E-state index in [2.05, 4.69) is 19.2 Å². The Kier molecular flexibility index (Phi) is 7.17. The van der Waals surface area contributed by atoms with Crippen molar-refractivity contribution in [1.29, 1.82) is 0 Å². The monoisotopic (exact) mass is 395 g/mol. The van der Waals surface area contributed by atoms with Crippen molar-refractivity contribution in [1.82, 2.24) is 4.98 Å². The number of aromatic nitrogens is 1. The van der Waals surface area contributed by atoms with E-state index in [1.807, 2.05) is 30.3 Å². The zero-order valence-corrected chi connectivity index (χ0v) is 16.8. The molecule has 0 radical (unpaired) electrons. The fourth-order valence-corrected chi connectivity index (χ4v) is 4.08. The maximum absolute atomic E-state index is 12.9. The van der Waals surface area contributed by atoms with Crippen molar-refractivity contribution in [2.75, 3.05) is 25.1 Å². The van der Waals surface area contributed by atoms with E-state index in [0.717, 1.165) is 11.3 Å². The molecule has 1 amide bonds. The Hall–Kier alpha value is -1.47. The molecule has 1 aliphatic rings. The number of thiazole rings is 1. The topological polar surface area (TPSA) is 77.2 Å². The minimum Gasteiger partial charge on any atom is -0.381 e. The Labute approximate surface area is 164 Å². The SMILES string of the molecule is CC(C)c1sc(NC(=O)C2(CN)CCOCC2)nc1-c1ccccc1.Cl. The molecule has 3 N–H and O–H groups in total. The Morgan fingerprint density at radius 1 is 1.31 bits per heavy atom. The number of hydrogen-bond donors (Lipinski definition) is 2. The van der Waals surface area contributed by atoms with Crippen LogP contribution in [0.4, 0.5) is 5.13 Å². The van der Waals surface area contributed by atoms with Gasteiger partial charge in [-0.1, -0.05) is 44.2 Å². The van der Waals surface area contributed by atoms with Crippen molar-refractivity contribution in [3.8, 4) is 11.3 Å². The van der Waals surface area contributed by atoms with Crippen molar-refractivity contribution in [3.05, 3.63) is 35.2 Å². The third-order valence-electron chi connectivity index (χ3n) is 4.77. The average molecular weight is 396 g/mol. The fraction of sp³-hybridized carbons (Fsp3) is 0.474. The van der Waals surface area contributed by atoms with Gasteiger partial charge in [0, 0.05) is 30.2 Å². The Balaban J connectivity index is 0.00000243.